The summed E-state index contributed by atoms with van der Waals surface area (Å²) in [6, 6.07) is 0.898. The fraction of sp³-hybridized carbons (Fsp3) is 0.455. The van der Waals surface area contributed by atoms with Crippen LogP contribution in [0.1, 0.15) is 12.6 Å². The average Bonchev–Trinajstić information content (AvgIpc) is 2.54. The van der Waals surface area contributed by atoms with Gasteiger partial charge < -0.3 is 5.32 Å². The third kappa shape index (κ3) is 2.20. The van der Waals surface area contributed by atoms with Gasteiger partial charge in [-0.15, -0.1) is 0 Å². The largest absolute Gasteiger partial charge is 0.376 e. The Morgan fingerprint density at radius 3 is 2.76 bits per heavy atom. The molecule has 0 aliphatic carbocycles. The molecule has 0 spiro atoms. The van der Waals surface area contributed by atoms with E-state index in [1.807, 2.05) is 6.92 Å². The van der Waals surface area contributed by atoms with Crippen LogP contribution in [0.15, 0.2) is 12.3 Å². The minimum absolute atomic E-state index is 0.585. The lowest BCUT2D eigenvalue weighted by Crippen LogP contribution is -2.23. The van der Waals surface area contributed by atoms with E-state index in [9.17, 15) is 8.78 Å². The molecule has 0 amide bonds. The van der Waals surface area contributed by atoms with Crippen molar-refractivity contribution in [3.05, 3.63) is 18.0 Å². The topological polar surface area (TPSA) is 42.7 Å². The van der Waals surface area contributed by atoms with E-state index in [0.717, 1.165) is 16.7 Å². The minimum atomic E-state index is -2.40. The smallest absolute Gasteiger partial charge is 0.258 e. The van der Waals surface area contributed by atoms with Crippen molar-refractivity contribution in [2.24, 2.45) is 7.05 Å². The maximum atomic E-state index is 12.4. The molecular weight excluding hydrogens is 226 g/mol. The van der Waals surface area contributed by atoms with Crippen molar-refractivity contribution in [3.8, 4) is 0 Å². The monoisotopic (exact) mass is 240 g/mol. The van der Waals surface area contributed by atoms with Crippen molar-refractivity contribution < 1.29 is 8.78 Å². The molecule has 4 nitrogen and oxygen atoms in total. The average molecular weight is 240 g/mol. The quantitative estimate of drug-likeness (QED) is 0.895. The normalized spacial score (nSPS) is 13.3. The van der Waals surface area contributed by atoms with Gasteiger partial charge in [0, 0.05) is 12.4 Å². The Balaban J connectivity index is 2.34. The van der Waals surface area contributed by atoms with Crippen molar-refractivity contribution in [2.75, 3.05) is 5.32 Å². The summed E-state index contributed by atoms with van der Waals surface area (Å²) < 4.78 is 26.5. The van der Waals surface area contributed by atoms with Gasteiger partial charge in [0.1, 0.15) is 0 Å². The number of hydrogen-bond donors (Lipinski definition) is 1. The number of hydrogen-bond acceptors (Lipinski definition) is 3. The zero-order chi connectivity index (χ0) is 12.6. The van der Waals surface area contributed by atoms with Gasteiger partial charge in [0.05, 0.1) is 23.6 Å². The summed E-state index contributed by atoms with van der Waals surface area (Å²) in [5.41, 5.74) is 2.17. The van der Waals surface area contributed by atoms with Crippen molar-refractivity contribution in [1.29, 1.82) is 0 Å². The molecule has 0 aliphatic rings. The number of pyridine rings is 1. The standard InChI is InChI=1S/C11H14F2N4/c1-6-9-4-8(15-7(2)10(12)13)5-14-11(9)17(3)16-6/h4-5,7,10,15H,1-3H3. The van der Waals surface area contributed by atoms with E-state index in [4.69, 9.17) is 0 Å². The van der Waals surface area contributed by atoms with Crippen LogP contribution in [0.25, 0.3) is 11.0 Å². The van der Waals surface area contributed by atoms with E-state index in [1.54, 1.807) is 24.0 Å². The van der Waals surface area contributed by atoms with Crippen LogP contribution in [0.2, 0.25) is 0 Å². The van der Waals surface area contributed by atoms with E-state index in [2.05, 4.69) is 15.4 Å². The van der Waals surface area contributed by atoms with E-state index in [1.165, 1.54) is 6.92 Å². The molecule has 6 heteroatoms. The molecule has 0 fully saturated rings. The van der Waals surface area contributed by atoms with Gasteiger partial charge in [0.15, 0.2) is 5.65 Å². The van der Waals surface area contributed by atoms with Crippen LogP contribution in [0, 0.1) is 6.92 Å². The van der Waals surface area contributed by atoms with Gasteiger partial charge in [0.25, 0.3) is 6.43 Å². The maximum Gasteiger partial charge on any atom is 0.258 e. The minimum Gasteiger partial charge on any atom is -0.376 e. The summed E-state index contributed by atoms with van der Waals surface area (Å²) in [5.74, 6) is 0. The second-order valence-corrected chi connectivity index (χ2v) is 4.07. The molecule has 0 aromatic carbocycles. The highest BCUT2D eigenvalue weighted by atomic mass is 19.3. The molecule has 1 N–H and O–H groups in total. The summed E-state index contributed by atoms with van der Waals surface area (Å²) in [6.07, 6.45) is -0.858. The highest BCUT2D eigenvalue weighted by Crippen LogP contribution is 2.20. The predicted octanol–water partition coefficient (Wildman–Crippen LogP) is 2.34. The number of aryl methyl sites for hydroxylation is 2. The third-order valence-electron chi connectivity index (χ3n) is 2.64. The van der Waals surface area contributed by atoms with Crippen molar-refractivity contribution in [1.82, 2.24) is 14.8 Å². The van der Waals surface area contributed by atoms with Crippen LogP contribution < -0.4 is 5.32 Å². The first kappa shape index (κ1) is 11.8. The number of nitrogens with one attached hydrogen (secondary N) is 1. The fourth-order valence-electron chi connectivity index (χ4n) is 1.71. The number of rotatable bonds is 3. The van der Waals surface area contributed by atoms with E-state index in [0.29, 0.717) is 5.69 Å². The predicted molar refractivity (Wildman–Crippen MR) is 62.3 cm³/mol. The lowest BCUT2D eigenvalue weighted by molar-refractivity contribution is 0.130. The molecule has 92 valence electrons. The maximum absolute atomic E-state index is 12.4. The molecular formula is C11H14F2N4. The molecule has 17 heavy (non-hydrogen) atoms. The van der Waals surface area contributed by atoms with Crippen molar-refractivity contribution in [2.45, 2.75) is 26.3 Å². The van der Waals surface area contributed by atoms with Crippen LogP contribution in [-0.4, -0.2) is 27.2 Å². The van der Waals surface area contributed by atoms with E-state index >= 15 is 0 Å². The van der Waals surface area contributed by atoms with E-state index in [-0.39, 0.29) is 0 Å². The van der Waals surface area contributed by atoms with Gasteiger partial charge >= 0.3 is 0 Å². The van der Waals surface area contributed by atoms with Crippen molar-refractivity contribution >= 4 is 16.7 Å². The molecule has 0 radical (unpaired) electrons. The van der Waals surface area contributed by atoms with Crippen LogP contribution in [0.5, 0.6) is 0 Å². The number of fused-ring (bicyclic) bond motifs is 1. The van der Waals surface area contributed by atoms with Crippen LogP contribution >= 0.6 is 0 Å². The summed E-state index contributed by atoms with van der Waals surface area (Å²) in [7, 11) is 1.80. The molecule has 1 atom stereocenters. The lowest BCUT2D eigenvalue weighted by Gasteiger charge is -2.13. The number of alkyl halides is 2. The highest BCUT2D eigenvalue weighted by Gasteiger charge is 2.15. The number of halogens is 2. The zero-order valence-electron chi connectivity index (χ0n) is 9.91. The summed E-state index contributed by atoms with van der Waals surface area (Å²) >= 11 is 0. The van der Waals surface area contributed by atoms with Gasteiger partial charge in [-0.3, -0.25) is 4.68 Å². The molecule has 2 rings (SSSR count). The Kier molecular flexibility index (Phi) is 2.95. The molecule has 1 unspecified atom stereocenters. The molecule has 0 bridgehead atoms. The second kappa shape index (κ2) is 4.27. The Morgan fingerprint density at radius 2 is 2.12 bits per heavy atom. The van der Waals surface area contributed by atoms with Gasteiger partial charge in [-0.2, -0.15) is 5.10 Å². The first-order valence-electron chi connectivity index (χ1n) is 5.33. The highest BCUT2D eigenvalue weighted by molar-refractivity contribution is 5.81. The van der Waals surface area contributed by atoms with Gasteiger partial charge in [-0.1, -0.05) is 0 Å². The first-order valence-corrected chi connectivity index (χ1v) is 5.33. The lowest BCUT2D eigenvalue weighted by atomic mass is 10.2. The SMILES string of the molecule is Cc1nn(C)c2ncc(NC(C)C(F)F)cc12. The molecule has 0 aliphatic heterocycles. The van der Waals surface area contributed by atoms with Gasteiger partial charge in [-0.25, -0.2) is 13.8 Å². The van der Waals surface area contributed by atoms with Crippen LogP contribution in [-0.2, 0) is 7.05 Å². The number of anilines is 1. The molecule has 0 saturated carbocycles. The Bertz CT molecular complexity index is 535. The van der Waals surface area contributed by atoms with Gasteiger partial charge in [0.2, 0.25) is 0 Å². The number of aromatic nitrogens is 3. The second-order valence-electron chi connectivity index (χ2n) is 4.07. The number of nitrogens with zero attached hydrogens (tertiary/aromatic N) is 3. The third-order valence-corrected chi connectivity index (χ3v) is 2.64. The molecule has 0 saturated heterocycles. The van der Waals surface area contributed by atoms with Crippen LogP contribution in [0.4, 0.5) is 14.5 Å². The summed E-state index contributed by atoms with van der Waals surface area (Å²) in [5, 5.41) is 7.82. The summed E-state index contributed by atoms with van der Waals surface area (Å²) in [4.78, 5) is 4.21. The molecule has 2 heterocycles. The molecule has 2 aromatic rings. The van der Waals surface area contributed by atoms with Crippen LogP contribution in [0.3, 0.4) is 0 Å². The van der Waals surface area contributed by atoms with Gasteiger partial charge in [-0.05, 0) is 19.9 Å². The Labute approximate surface area is 97.6 Å². The zero-order valence-corrected chi connectivity index (χ0v) is 9.91. The summed E-state index contributed by atoms with van der Waals surface area (Å²) in [6.45, 7) is 3.30. The van der Waals surface area contributed by atoms with E-state index < -0.39 is 12.5 Å². The first-order chi connectivity index (χ1) is 7.99. The molecule has 2 aromatic heterocycles. The Morgan fingerprint density at radius 1 is 1.41 bits per heavy atom. The Hall–Kier alpha value is -1.72. The fourth-order valence-corrected chi connectivity index (χ4v) is 1.71. The van der Waals surface area contributed by atoms with Crippen molar-refractivity contribution in [3.63, 3.8) is 0 Å².